The summed E-state index contributed by atoms with van der Waals surface area (Å²) in [4.78, 5) is 5.93. The van der Waals surface area contributed by atoms with E-state index in [4.69, 9.17) is 18.9 Å². The van der Waals surface area contributed by atoms with Crippen molar-refractivity contribution in [3.05, 3.63) is 70.8 Å². The van der Waals surface area contributed by atoms with E-state index in [2.05, 4.69) is 22.1 Å². The maximum atomic E-state index is 5.79. The molecule has 0 saturated heterocycles. The molecule has 30 heavy (non-hydrogen) atoms. The molecule has 0 aliphatic heterocycles. The summed E-state index contributed by atoms with van der Waals surface area (Å²) in [6.45, 7) is 2.66. The first-order chi connectivity index (χ1) is 14.3. The number of nitrogens with one attached hydrogen (secondary N) is 2. The summed E-state index contributed by atoms with van der Waals surface area (Å²) in [5.74, 6) is 2.49. The van der Waals surface area contributed by atoms with E-state index in [1.54, 1.807) is 24.7 Å². The van der Waals surface area contributed by atoms with Crippen molar-refractivity contribution >= 4 is 47.0 Å². The molecule has 1 aromatic carbocycles. The molecule has 0 radical (unpaired) electrons. The maximum absolute atomic E-state index is 5.79. The van der Waals surface area contributed by atoms with E-state index in [-0.39, 0.29) is 24.0 Å². The van der Waals surface area contributed by atoms with Crippen molar-refractivity contribution in [1.82, 2.24) is 5.32 Å². The Balaban J connectivity index is 0.00000320. The quantitative estimate of drug-likeness (QED) is 0.152. The van der Waals surface area contributed by atoms with Gasteiger partial charge in [-0.25, -0.2) is 4.99 Å². The molecule has 2 N–H and O–H groups in total. The summed E-state index contributed by atoms with van der Waals surface area (Å²) in [6, 6.07) is 15.9. The Kier molecular flexibility index (Phi) is 11.3. The van der Waals surface area contributed by atoms with Gasteiger partial charge < -0.3 is 24.5 Å². The molecule has 162 valence electrons. The van der Waals surface area contributed by atoms with E-state index < -0.39 is 0 Å². The molecule has 0 spiro atoms. The summed E-state index contributed by atoms with van der Waals surface area (Å²) in [7, 11) is 1.69. The SMILES string of the molecule is COCCCOc1cccc(NC(=NCc2cccs2)NCCc2ccco2)c1.I. The summed E-state index contributed by atoms with van der Waals surface area (Å²) in [6.07, 6.45) is 3.34. The third-order valence-electron chi connectivity index (χ3n) is 4.08. The van der Waals surface area contributed by atoms with Crippen molar-refractivity contribution in [2.45, 2.75) is 19.4 Å². The number of nitrogens with zero attached hydrogens (tertiary/aromatic N) is 1. The first kappa shape index (κ1) is 24.2. The van der Waals surface area contributed by atoms with Crippen LogP contribution in [0.2, 0.25) is 0 Å². The molecule has 3 aromatic rings. The first-order valence-corrected chi connectivity index (χ1v) is 10.5. The number of hydrogen-bond donors (Lipinski definition) is 2. The van der Waals surface area contributed by atoms with E-state index in [9.17, 15) is 0 Å². The minimum Gasteiger partial charge on any atom is -0.493 e. The van der Waals surface area contributed by atoms with Crippen LogP contribution < -0.4 is 15.4 Å². The maximum Gasteiger partial charge on any atom is 0.196 e. The van der Waals surface area contributed by atoms with E-state index in [1.165, 1.54) is 4.88 Å². The van der Waals surface area contributed by atoms with Crippen LogP contribution in [0.25, 0.3) is 0 Å². The van der Waals surface area contributed by atoms with Crippen LogP contribution in [0.3, 0.4) is 0 Å². The van der Waals surface area contributed by atoms with Crippen molar-refractivity contribution in [2.24, 2.45) is 4.99 Å². The molecule has 8 heteroatoms. The Bertz CT molecular complexity index is 854. The van der Waals surface area contributed by atoms with Crippen LogP contribution in [0.4, 0.5) is 5.69 Å². The van der Waals surface area contributed by atoms with Crippen molar-refractivity contribution in [3.8, 4) is 5.75 Å². The van der Waals surface area contributed by atoms with Crippen molar-refractivity contribution in [2.75, 3.05) is 32.2 Å². The predicted molar refractivity (Wildman–Crippen MR) is 133 cm³/mol. The van der Waals surface area contributed by atoms with Gasteiger partial charge in [-0.05, 0) is 35.7 Å². The van der Waals surface area contributed by atoms with Gasteiger partial charge in [0.1, 0.15) is 11.5 Å². The number of anilines is 1. The van der Waals surface area contributed by atoms with Gasteiger partial charge in [0.2, 0.25) is 0 Å². The summed E-state index contributed by atoms with van der Waals surface area (Å²) < 4.78 is 16.2. The molecule has 0 amide bonds. The average Bonchev–Trinajstić information content (AvgIpc) is 3.44. The molecule has 3 rings (SSSR count). The lowest BCUT2D eigenvalue weighted by Crippen LogP contribution is -2.32. The third-order valence-corrected chi connectivity index (χ3v) is 4.94. The summed E-state index contributed by atoms with van der Waals surface area (Å²) in [5.41, 5.74) is 0.921. The molecule has 0 aliphatic carbocycles. The Morgan fingerprint density at radius 2 is 2.07 bits per heavy atom. The van der Waals surface area contributed by atoms with Crippen molar-refractivity contribution in [1.29, 1.82) is 0 Å². The normalized spacial score (nSPS) is 11.0. The zero-order chi connectivity index (χ0) is 20.2. The minimum atomic E-state index is 0. The molecule has 6 nitrogen and oxygen atoms in total. The van der Waals surface area contributed by atoms with Gasteiger partial charge in [0, 0.05) is 49.7 Å². The van der Waals surface area contributed by atoms with E-state index in [0.717, 1.165) is 42.5 Å². The van der Waals surface area contributed by atoms with Crippen molar-refractivity contribution < 1.29 is 13.9 Å². The average molecular weight is 541 g/mol. The molecular formula is C22H28IN3O3S. The van der Waals surface area contributed by atoms with E-state index in [0.29, 0.717) is 19.8 Å². The van der Waals surface area contributed by atoms with Crippen LogP contribution in [-0.4, -0.2) is 32.8 Å². The van der Waals surface area contributed by atoms with Gasteiger partial charge >= 0.3 is 0 Å². The van der Waals surface area contributed by atoms with Crippen LogP contribution in [0, 0.1) is 0 Å². The van der Waals surface area contributed by atoms with Gasteiger partial charge in [0.15, 0.2) is 5.96 Å². The number of furan rings is 1. The number of aliphatic imine (C=N–C) groups is 1. The molecule has 2 heterocycles. The molecule has 0 saturated carbocycles. The number of rotatable bonds is 11. The van der Waals surface area contributed by atoms with Crippen LogP contribution in [0.15, 0.2) is 69.6 Å². The second kappa shape index (κ2) is 14.1. The molecule has 0 aliphatic rings. The van der Waals surface area contributed by atoms with Gasteiger partial charge in [-0.15, -0.1) is 35.3 Å². The lowest BCUT2D eigenvalue weighted by atomic mass is 10.3. The zero-order valence-electron chi connectivity index (χ0n) is 17.0. The lowest BCUT2D eigenvalue weighted by Gasteiger charge is -2.13. The number of halogens is 1. The predicted octanol–water partition coefficient (Wildman–Crippen LogP) is 5.17. The highest BCUT2D eigenvalue weighted by Gasteiger charge is 2.04. The number of methoxy groups -OCH3 is 1. The fourth-order valence-corrected chi connectivity index (χ4v) is 3.28. The fraction of sp³-hybridized carbons (Fsp3) is 0.318. The van der Waals surface area contributed by atoms with Gasteiger partial charge in [-0.2, -0.15) is 0 Å². The number of benzene rings is 1. The van der Waals surface area contributed by atoms with Crippen molar-refractivity contribution in [3.63, 3.8) is 0 Å². The van der Waals surface area contributed by atoms with E-state index in [1.807, 2.05) is 42.5 Å². The standard InChI is InChI=1S/C22H27N3O3S.HI/c1-26-12-5-14-28-20-7-2-6-18(16-20)25-22(24-17-21-9-4-15-29-21)23-11-10-19-8-3-13-27-19;/h2-4,6-9,13,15-16H,5,10-12,14,17H2,1H3,(H2,23,24,25);1H. The minimum absolute atomic E-state index is 0. The number of thiophene rings is 1. The fourth-order valence-electron chi connectivity index (χ4n) is 2.65. The monoisotopic (exact) mass is 541 g/mol. The van der Waals surface area contributed by atoms with Gasteiger partial charge in [-0.3, -0.25) is 0 Å². The lowest BCUT2D eigenvalue weighted by molar-refractivity contribution is 0.172. The molecular weight excluding hydrogens is 513 g/mol. The van der Waals surface area contributed by atoms with Crippen LogP contribution in [-0.2, 0) is 17.7 Å². The van der Waals surface area contributed by atoms with Crippen LogP contribution >= 0.6 is 35.3 Å². The largest absolute Gasteiger partial charge is 0.493 e. The van der Waals surface area contributed by atoms with Gasteiger partial charge in [-0.1, -0.05) is 12.1 Å². The van der Waals surface area contributed by atoms with E-state index >= 15 is 0 Å². The number of guanidine groups is 1. The number of hydrogen-bond acceptors (Lipinski definition) is 5. The molecule has 2 aromatic heterocycles. The highest BCUT2D eigenvalue weighted by molar-refractivity contribution is 14.0. The summed E-state index contributed by atoms with van der Waals surface area (Å²) >= 11 is 1.70. The molecule has 0 bridgehead atoms. The first-order valence-electron chi connectivity index (χ1n) is 9.65. The Morgan fingerprint density at radius 3 is 2.83 bits per heavy atom. The topological polar surface area (TPSA) is 68.0 Å². The zero-order valence-corrected chi connectivity index (χ0v) is 20.2. The molecule has 0 unspecified atom stereocenters. The van der Waals surface area contributed by atoms with Crippen LogP contribution in [0.1, 0.15) is 17.1 Å². The smallest absolute Gasteiger partial charge is 0.196 e. The highest BCUT2D eigenvalue weighted by Crippen LogP contribution is 2.18. The Labute approximate surface area is 198 Å². The second-order valence-corrected chi connectivity index (χ2v) is 7.38. The third kappa shape index (κ3) is 8.76. The van der Waals surface area contributed by atoms with Gasteiger partial charge in [0.25, 0.3) is 0 Å². The van der Waals surface area contributed by atoms with Crippen LogP contribution in [0.5, 0.6) is 5.75 Å². The summed E-state index contributed by atoms with van der Waals surface area (Å²) in [5, 5.41) is 8.81. The molecule has 0 fully saturated rings. The second-order valence-electron chi connectivity index (χ2n) is 6.35. The Hall–Kier alpha value is -2.04. The Morgan fingerprint density at radius 1 is 1.13 bits per heavy atom. The highest BCUT2D eigenvalue weighted by atomic mass is 127. The molecule has 0 atom stereocenters. The van der Waals surface area contributed by atoms with Gasteiger partial charge in [0.05, 0.1) is 19.4 Å². The number of ether oxygens (including phenoxy) is 2.